The number of hydrogen-bond donors (Lipinski definition) is 1. The van der Waals surface area contributed by atoms with Gasteiger partial charge in [0.2, 0.25) is 10.0 Å². The molecule has 0 saturated heterocycles. The van der Waals surface area contributed by atoms with E-state index < -0.39 is 21.3 Å². The minimum atomic E-state index is -3.42. The second kappa shape index (κ2) is 7.68. The molecule has 0 bridgehead atoms. The van der Waals surface area contributed by atoms with Crippen molar-refractivity contribution in [2.75, 3.05) is 18.1 Å². The molecule has 0 saturated carbocycles. The van der Waals surface area contributed by atoms with Gasteiger partial charge in [-0.3, -0.25) is 23.2 Å². The lowest BCUT2D eigenvalue weighted by molar-refractivity contribution is 0.415. The van der Waals surface area contributed by atoms with Crippen LogP contribution >= 0.6 is 0 Å². The maximum absolute atomic E-state index is 13.1. The van der Waals surface area contributed by atoms with E-state index in [2.05, 4.69) is 9.71 Å². The van der Waals surface area contributed by atoms with Crippen LogP contribution in [-0.4, -0.2) is 40.5 Å². The van der Waals surface area contributed by atoms with Gasteiger partial charge in [-0.05, 0) is 48.5 Å². The number of imidazole rings is 1. The van der Waals surface area contributed by atoms with Crippen LogP contribution in [0.25, 0.3) is 28.2 Å². The summed E-state index contributed by atoms with van der Waals surface area (Å²) in [6, 6.07) is 13.7. The summed E-state index contributed by atoms with van der Waals surface area (Å²) < 4.78 is 34.7. The number of aromatic nitrogens is 4. The summed E-state index contributed by atoms with van der Waals surface area (Å²) in [5, 5.41) is 0. The molecule has 32 heavy (non-hydrogen) atoms. The molecule has 10 nitrogen and oxygen atoms in total. The number of methoxy groups -OCH3 is 1. The van der Waals surface area contributed by atoms with Crippen molar-refractivity contribution < 1.29 is 13.2 Å². The Morgan fingerprint density at radius 1 is 0.938 bits per heavy atom. The van der Waals surface area contributed by atoms with Gasteiger partial charge in [0.1, 0.15) is 11.6 Å². The summed E-state index contributed by atoms with van der Waals surface area (Å²) >= 11 is 0. The molecule has 0 spiro atoms. The molecule has 0 aliphatic carbocycles. The van der Waals surface area contributed by atoms with Gasteiger partial charge in [0.15, 0.2) is 11.2 Å². The minimum Gasteiger partial charge on any atom is -0.497 e. The number of nitrogens with one attached hydrogen (secondary N) is 1. The van der Waals surface area contributed by atoms with Crippen molar-refractivity contribution >= 4 is 26.9 Å². The largest absolute Gasteiger partial charge is 0.497 e. The van der Waals surface area contributed by atoms with E-state index in [-0.39, 0.29) is 11.2 Å². The summed E-state index contributed by atoms with van der Waals surface area (Å²) in [6.45, 7) is 0. The number of nitrogens with zero attached hydrogens (tertiary/aromatic N) is 4. The molecule has 0 unspecified atom stereocenters. The number of anilines is 1. The molecule has 2 aromatic carbocycles. The van der Waals surface area contributed by atoms with Crippen LogP contribution in [0.4, 0.5) is 5.69 Å². The van der Waals surface area contributed by atoms with Gasteiger partial charge in [-0.1, -0.05) is 0 Å². The lowest BCUT2D eigenvalue weighted by Gasteiger charge is -2.11. The van der Waals surface area contributed by atoms with Crippen molar-refractivity contribution in [2.45, 2.75) is 0 Å². The van der Waals surface area contributed by atoms with Gasteiger partial charge in [0.25, 0.3) is 5.56 Å². The molecule has 1 N–H and O–H groups in total. The van der Waals surface area contributed by atoms with Crippen molar-refractivity contribution in [3.63, 3.8) is 0 Å². The summed E-state index contributed by atoms with van der Waals surface area (Å²) in [5.74, 6) is 1.07. The highest BCUT2D eigenvalue weighted by molar-refractivity contribution is 7.92. The smallest absolute Gasteiger partial charge is 0.332 e. The first-order valence-electron chi connectivity index (χ1n) is 9.52. The third-order valence-corrected chi connectivity index (χ3v) is 5.64. The van der Waals surface area contributed by atoms with E-state index in [0.717, 1.165) is 10.8 Å². The molecular formula is C21H21N5O5S. The van der Waals surface area contributed by atoms with E-state index >= 15 is 0 Å². The molecular weight excluding hydrogens is 434 g/mol. The molecule has 4 rings (SSSR count). The van der Waals surface area contributed by atoms with Crippen molar-refractivity contribution in [3.8, 4) is 22.8 Å². The zero-order valence-electron chi connectivity index (χ0n) is 17.9. The second-order valence-electron chi connectivity index (χ2n) is 7.30. The fourth-order valence-corrected chi connectivity index (χ4v) is 4.04. The Hall–Kier alpha value is -3.86. The van der Waals surface area contributed by atoms with E-state index in [1.165, 1.54) is 11.6 Å². The van der Waals surface area contributed by atoms with E-state index in [4.69, 9.17) is 4.74 Å². The van der Waals surface area contributed by atoms with Crippen LogP contribution in [0.5, 0.6) is 5.75 Å². The third-order valence-electron chi connectivity index (χ3n) is 5.03. The Kier molecular flexibility index (Phi) is 5.13. The second-order valence-corrected chi connectivity index (χ2v) is 9.05. The zero-order valence-corrected chi connectivity index (χ0v) is 18.7. The van der Waals surface area contributed by atoms with Crippen molar-refractivity contribution in [3.05, 3.63) is 69.4 Å². The van der Waals surface area contributed by atoms with E-state index in [0.29, 0.717) is 28.5 Å². The maximum atomic E-state index is 13.1. The fourth-order valence-electron chi connectivity index (χ4n) is 3.47. The molecule has 11 heteroatoms. The quantitative estimate of drug-likeness (QED) is 0.487. The number of fused-ring (bicyclic) bond motifs is 1. The number of rotatable bonds is 5. The number of sulfonamides is 1. The highest BCUT2D eigenvalue weighted by atomic mass is 32.2. The third kappa shape index (κ3) is 3.66. The Bertz CT molecular complexity index is 1550. The number of aryl methyl sites for hydroxylation is 1. The monoisotopic (exact) mass is 455 g/mol. The molecule has 2 aromatic heterocycles. The van der Waals surface area contributed by atoms with E-state index in [1.807, 2.05) is 0 Å². The molecule has 0 atom stereocenters. The summed E-state index contributed by atoms with van der Waals surface area (Å²) in [7, 11) is 1.11. The molecule has 0 amide bonds. The summed E-state index contributed by atoms with van der Waals surface area (Å²) in [5.41, 5.74) is 1.19. The number of benzene rings is 2. The van der Waals surface area contributed by atoms with Gasteiger partial charge in [-0.25, -0.2) is 18.2 Å². The number of hydrogen-bond acceptors (Lipinski definition) is 6. The first-order chi connectivity index (χ1) is 15.1. The van der Waals surface area contributed by atoms with Gasteiger partial charge in [-0.15, -0.1) is 0 Å². The zero-order chi connectivity index (χ0) is 23.2. The molecule has 0 aliphatic rings. The number of ether oxygens (including phenoxy) is 1. The lowest BCUT2D eigenvalue weighted by Crippen LogP contribution is -2.37. The molecule has 0 radical (unpaired) electrons. The van der Waals surface area contributed by atoms with Crippen molar-refractivity contribution in [2.24, 2.45) is 14.1 Å². The maximum Gasteiger partial charge on any atom is 0.332 e. The predicted octanol–water partition coefficient (Wildman–Crippen LogP) is 1.47. The van der Waals surface area contributed by atoms with Gasteiger partial charge >= 0.3 is 5.69 Å². The predicted molar refractivity (Wildman–Crippen MR) is 122 cm³/mol. The molecule has 4 aromatic rings. The first-order valence-corrected chi connectivity index (χ1v) is 11.4. The Labute approximate surface area is 183 Å². The average molecular weight is 455 g/mol. The van der Waals surface area contributed by atoms with Gasteiger partial charge < -0.3 is 4.74 Å². The SMILES string of the molecule is COc1ccc(-n2c(-c3ccc(NS(C)(=O)=O)cc3)nc3c2c(=O)n(C)c(=O)n3C)cc1. The van der Waals surface area contributed by atoms with Gasteiger partial charge in [0.05, 0.1) is 13.4 Å². The van der Waals surface area contributed by atoms with Crippen LogP contribution in [0.2, 0.25) is 0 Å². The van der Waals surface area contributed by atoms with Crippen LogP contribution in [-0.2, 0) is 24.1 Å². The van der Waals surface area contributed by atoms with Crippen molar-refractivity contribution in [1.29, 1.82) is 0 Å². The topological polar surface area (TPSA) is 117 Å². The lowest BCUT2D eigenvalue weighted by atomic mass is 10.2. The van der Waals surface area contributed by atoms with Crippen LogP contribution in [0.15, 0.2) is 58.1 Å². The van der Waals surface area contributed by atoms with Gasteiger partial charge in [0, 0.05) is 31.0 Å². The van der Waals surface area contributed by atoms with Gasteiger partial charge in [-0.2, -0.15) is 0 Å². The standard InChI is InChI=1S/C21H21N5O5S/c1-24-19-17(20(27)25(2)21(24)28)26(15-9-11-16(31-3)12-10-15)18(22-19)13-5-7-14(8-6-13)23-32(4,29)30/h5-12,23H,1-4H3. The average Bonchev–Trinajstić information content (AvgIpc) is 3.16. The minimum absolute atomic E-state index is 0.238. The Balaban J connectivity index is 2.02. The fraction of sp³-hybridized carbons (Fsp3) is 0.190. The molecule has 166 valence electrons. The van der Waals surface area contributed by atoms with Crippen LogP contribution in [0, 0.1) is 0 Å². The Morgan fingerprint density at radius 2 is 1.56 bits per heavy atom. The first kappa shape index (κ1) is 21.4. The van der Waals surface area contributed by atoms with E-state index in [1.54, 1.807) is 67.3 Å². The molecule has 0 aliphatic heterocycles. The normalized spacial score (nSPS) is 11.6. The molecule has 0 fully saturated rings. The van der Waals surface area contributed by atoms with Crippen LogP contribution in [0.1, 0.15) is 0 Å². The highest BCUT2D eigenvalue weighted by Crippen LogP contribution is 2.28. The molecule has 2 heterocycles. The highest BCUT2D eigenvalue weighted by Gasteiger charge is 2.21. The Morgan fingerprint density at radius 3 is 2.12 bits per heavy atom. The van der Waals surface area contributed by atoms with E-state index in [9.17, 15) is 18.0 Å². The summed E-state index contributed by atoms with van der Waals surface area (Å²) in [4.78, 5) is 30.1. The van der Waals surface area contributed by atoms with Crippen molar-refractivity contribution in [1.82, 2.24) is 18.7 Å². The van der Waals surface area contributed by atoms with Crippen LogP contribution < -0.4 is 20.7 Å². The van der Waals surface area contributed by atoms with Crippen LogP contribution in [0.3, 0.4) is 0 Å². The summed E-state index contributed by atoms with van der Waals surface area (Å²) in [6.07, 6.45) is 1.07.